The maximum Gasteiger partial charge on any atom is 0.269 e. The summed E-state index contributed by atoms with van der Waals surface area (Å²) in [6.45, 7) is 4.21. The molecular formula is C18H22N2O3. The number of nitrogens with zero attached hydrogens (tertiary/aromatic N) is 2. The minimum atomic E-state index is -0.390. The van der Waals surface area contributed by atoms with Gasteiger partial charge in [0.25, 0.3) is 5.69 Å². The number of likely N-dealkylation sites (tertiary alicyclic amines) is 1. The molecule has 122 valence electrons. The van der Waals surface area contributed by atoms with Crippen LogP contribution in [0.15, 0.2) is 40.8 Å². The molecule has 23 heavy (non-hydrogen) atoms. The summed E-state index contributed by atoms with van der Waals surface area (Å²) in [7, 11) is 0. The molecule has 0 N–H and O–H groups in total. The molecule has 2 aromatic rings. The molecule has 1 aliphatic rings. The highest BCUT2D eigenvalue weighted by Crippen LogP contribution is 2.27. The summed E-state index contributed by atoms with van der Waals surface area (Å²) in [6.07, 6.45) is 5.02. The highest BCUT2D eigenvalue weighted by Gasteiger charge is 2.21. The van der Waals surface area contributed by atoms with Crippen molar-refractivity contribution in [1.82, 2.24) is 4.90 Å². The number of rotatable bonds is 5. The number of hydrogen-bond acceptors (Lipinski definition) is 4. The Labute approximate surface area is 136 Å². The van der Waals surface area contributed by atoms with Crippen LogP contribution in [0.25, 0.3) is 11.3 Å². The molecule has 0 unspecified atom stereocenters. The Hall–Kier alpha value is -2.14. The van der Waals surface area contributed by atoms with E-state index in [1.807, 2.05) is 12.1 Å². The summed E-state index contributed by atoms with van der Waals surface area (Å²) in [4.78, 5) is 12.8. The Morgan fingerprint density at radius 3 is 2.70 bits per heavy atom. The van der Waals surface area contributed by atoms with Gasteiger partial charge in [0.15, 0.2) is 0 Å². The van der Waals surface area contributed by atoms with E-state index < -0.39 is 4.92 Å². The SMILES string of the molecule is CC[C@@H]1CCCCN1Cc1ccc(-c2ccc([N+](=O)[O-])cc2)o1. The third-order valence-corrected chi connectivity index (χ3v) is 4.60. The van der Waals surface area contributed by atoms with Crippen LogP contribution in [0.5, 0.6) is 0 Å². The number of benzene rings is 1. The first-order chi connectivity index (χ1) is 11.2. The van der Waals surface area contributed by atoms with Gasteiger partial charge in [-0.25, -0.2) is 0 Å². The molecule has 1 fully saturated rings. The van der Waals surface area contributed by atoms with Crippen LogP contribution in [0, 0.1) is 10.1 Å². The summed E-state index contributed by atoms with van der Waals surface area (Å²) in [6, 6.07) is 11.1. The van der Waals surface area contributed by atoms with E-state index in [9.17, 15) is 10.1 Å². The van der Waals surface area contributed by atoms with Gasteiger partial charge in [0.05, 0.1) is 11.5 Å². The first kappa shape index (κ1) is 15.7. The van der Waals surface area contributed by atoms with E-state index in [1.165, 1.54) is 37.8 Å². The molecule has 1 aromatic heterocycles. The molecule has 1 saturated heterocycles. The third kappa shape index (κ3) is 3.62. The molecule has 0 saturated carbocycles. The zero-order valence-electron chi connectivity index (χ0n) is 13.4. The van der Waals surface area contributed by atoms with Crippen LogP contribution in [0.1, 0.15) is 38.4 Å². The molecular weight excluding hydrogens is 292 g/mol. The molecule has 5 nitrogen and oxygen atoms in total. The monoisotopic (exact) mass is 314 g/mol. The van der Waals surface area contributed by atoms with E-state index >= 15 is 0 Å². The second-order valence-electron chi connectivity index (χ2n) is 6.10. The van der Waals surface area contributed by atoms with Gasteiger partial charge in [-0.15, -0.1) is 0 Å². The van der Waals surface area contributed by atoms with Gasteiger partial charge >= 0.3 is 0 Å². The molecule has 0 amide bonds. The second-order valence-corrected chi connectivity index (χ2v) is 6.10. The van der Waals surface area contributed by atoms with Crippen LogP contribution in [0.4, 0.5) is 5.69 Å². The fraction of sp³-hybridized carbons (Fsp3) is 0.444. The fourth-order valence-electron chi connectivity index (χ4n) is 3.30. The lowest BCUT2D eigenvalue weighted by Crippen LogP contribution is -2.38. The number of furan rings is 1. The molecule has 1 aromatic carbocycles. The fourth-order valence-corrected chi connectivity index (χ4v) is 3.30. The van der Waals surface area contributed by atoms with Gasteiger partial charge in [-0.05, 0) is 50.1 Å². The average Bonchev–Trinajstić information content (AvgIpc) is 3.04. The molecule has 1 aliphatic heterocycles. The van der Waals surface area contributed by atoms with E-state index in [-0.39, 0.29) is 5.69 Å². The molecule has 0 spiro atoms. The number of piperidine rings is 1. The Morgan fingerprint density at radius 1 is 1.22 bits per heavy atom. The first-order valence-corrected chi connectivity index (χ1v) is 8.25. The maximum atomic E-state index is 10.7. The van der Waals surface area contributed by atoms with Crippen LogP contribution >= 0.6 is 0 Å². The van der Waals surface area contributed by atoms with Crippen molar-refractivity contribution in [2.24, 2.45) is 0 Å². The third-order valence-electron chi connectivity index (χ3n) is 4.60. The number of nitro benzene ring substituents is 1. The first-order valence-electron chi connectivity index (χ1n) is 8.25. The summed E-state index contributed by atoms with van der Waals surface area (Å²) in [5, 5.41) is 10.7. The number of nitro groups is 1. The largest absolute Gasteiger partial charge is 0.460 e. The van der Waals surface area contributed by atoms with Crippen molar-refractivity contribution in [2.45, 2.75) is 45.2 Å². The van der Waals surface area contributed by atoms with Crippen molar-refractivity contribution in [1.29, 1.82) is 0 Å². The Kier molecular flexibility index (Phi) is 4.76. The Balaban J connectivity index is 1.71. The minimum absolute atomic E-state index is 0.0969. The van der Waals surface area contributed by atoms with Gasteiger partial charge in [0.1, 0.15) is 11.5 Å². The van der Waals surface area contributed by atoms with Gasteiger partial charge in [-0.2, -0.15) is 0 Å². The van der Waals surface area contributed by atoms with Crippen molar-refractivity contribution in [3.8, 4) is 11.3 Å². The summed E-state index contributed by atoms with van der Waals surface area (Å²) in [5.41, 5.74) is 0.965. The lowest BCUT2D eigenvalue weighted by Gasteiger charge is -2.34. The summed E-state index contributed by atoms with van der Waals surface area (Å²) >= 11 is 0. The predicted octanol–water partition coefficient (Wildman–Crippen LogP) is 4.62. The molecule has 3 rings (SSSR count). The van der Waals surface area contributed by atoms with Crippen LogP contribution in [0.3, 0.4) is 0 Å². The van der Waals surface area contributed by atoms with E-state index in [0.29, 0.717) is 6.04 Å². The van der Waals surface area contributed by atoms with E-state index in [0.717, 1.165) is 30.2 Å². The average molecular weight is 314 g/mol. The van der Waals surface area contributed by atoms with Gasteiger partial charge in [0, 0.05) is 23.7 Å². The standard InChI is InChI=1S/C18H22N2O3/c1-2-15-5-3-4-12-19(15)13-17-10-11-18(23-17)14-6-8-16(9-7-14)20(21)22/h6-11,15H,2-5,12-13H2,1H3/t15-/m1/s1. The number of hydrogen-bond donors (Lipinski definition) is 0. The number of non-ortho nitro benzene ring substituents is 1. The predicted molar refractivity (Wildman–Crippen MR) is 89.1 cm³/mol. The van der Waals surface area contributed by atoms with Gasteiger partial charge in [0.2, 0.25) is 0 Å². The molecule has 0 bridgehead atoms. The Morgan fingerprint density at radius 2 is 2.00 bits per heavy atom. The summed E-state index contributed by atoms with van der Waals surface area (Å²) < 4.78 is 5.95. The van der Waals surface area contributed by atoms with Crippen molar-refractivity contribution in [2.75, 3.05) is 6.54 Å². The highest BCUT2D eigenvalue weighted by molar-refractivity contribution is 5.59. The van der Waals surface area contributed by atoms with Gasteiger partial charge < -0.3 is 4.42 Å². The minimum Gasteiger partial charge on any atom is -0.460 e. The van der Waals surface area contributed by atoms with E-state index in [1.54, 1.807) is 12.1 Å². The maximum absolute atomic E-state index is 10.7. The molecule has 5 heteroatoms. The molecule has 0 aliphatic carbocycles. The normalized spacial score (nSPS) is 18.9. The highest BCUT2D eigenvalue weighted by atomic mass is 16.6. The zero-order chi connectivity index (χ0) is 16.2. The van der Waals surface area contributed by atoms with Crippen LogP contribution < -0.4 is 0 Å². The lowest BCUT2D eigenvalue weighted by atomic mass is 10.00. The van der Waals surface area contributed by atoms with Crippen molar-refractivity contribution >= 4 is 5.69 Å². The summed E-state index contributed by atoms with van der Waals surface area (Å²) in [5.74, 6) is 1.72. The van der Waals surface area contributed by atoms with Crippen LogP contribution in [0.2, 0.25) is 0 Å². The topological polar surface area (TPSA) is 59.5 Å². The van der Waals surface area contributed by atoms with E-state index in [4.69, 9.17) is 4.42 Å². The second kappa shape index (κ2) is 6.96. The van der Waals surface area contributed by atoms with Crippen LogP contribution in [-0.4, -0.2) is 22.4 Å². The molecule has 1 atom stereocenters. The smallest absolute Gasteiger partial charge is 0.269 e. The van der Waals surface area contributed by atoms with E-state index in [2.05, 4.69) is 11.8 Å². The lowest BCUT2D eigenvalue weighted by molar-refractivity contribution is -0.384. The molecule has 0 radical (unpaired) electrons. The molecule has 2 heterocycles. The zero-order valence-corrected chi connectivity index (χ0v) is 13.4. The van der Waals surface area contributed by atoms with Gasteiger partial charge in [-0.3, -0.25) is 15.0 Å². The van der Waals surface area contributed by atoms with Gasteiger partial charge in [-0.1, -0.05) is 13.3 Å². The van der Waals surface area contributed by atoms with Crippen molar-refractivity contribution in [3.05, 3.63) is 52.3 Å². The quantitative estimate of drug-likeness (QED) is 0.597. The van der Waals surface area contributed by atoms with Crippen molar-refractivity contribution < 1.29 is 9.34 Å². The van der Waals surface area contributed by atoms with Crippen molar-refractivity contribution in [3.63, 3.8) is 0 Å². The Bertz CT molecular complexity index is 663. The van der Waals surface area contributed by atoms with Crippen LogP contribution in [-0.2, 0) is 6.54 Å².